The van der Waals surface area contributed by atoms with Gasteiger partial charge in [-0.3, -0.25) is 4.79 Å². The molecule has 132 valence electrons. The van der Waals surface area contributed by atoms with Crippen molar-refractivity contribution in [2.45, 2.75) is 71.0 Å². The van der Waals surface area contributed by atoms with E-state index in [1.165, 1.54) is 0 Å². The van der Waals surface area contributed by atoms with E-state index in [-0.39, 0.29) is 29.3 Å². The van der Waals surface area contributed by atoms with E-state index in [9.17, 15) is 9.90 Å². The van der Waals surface area contributed by atoms with E-state index in [0.717, 1.165) is 37.7 Å². The number of hydrogen-bond acceptors (Lipinski definition) is 4. The van der Waals surface area contributed by atoms with Crippen molar-refractivity contribution < 1.29 is 19.1 Å². The minimum Gasteiger partial charge on any atom is -0.472 e. The molecule has 4 rings (SSSR count). The summed E-state index contributed by atoms with van der Waals surface area (Å²) in [6.45, 7) is 6.38. The van der Waals surface area contributed by atoms with Crippen LogP contribution in [0.5, 0.6) is 0 Å². The Hall–Kier alpha value is -1.29. The van der Waals surface area contributed by atoms with Gasteiger partial charge in [0.05, 0.1) is 23.5 Å². The molecule has 0 bridgehead atoms. The van der Waals surface area contributed by atoms with E-state index in [2.05, 4.69) is 20.8 Å². The molecule has 1 aliphatic heterocycles. The van der Waals surface area contributed by atoms with Crippen molar-refractivity contribution in [2.75, 3.05) is 0 Å². The highest BCUT2D eigenvalue weighted by Gasteiger charge is 2.70. The van der Waals surface area contributed by atoms with Gasteiger partial charge >= 0.3 is 5.97 Å². The lowest BCUT2D eigenvalue weighted by Gasteiger charge is -2.61. The van der Waals surface area contributed by atoms with Gasteiger partial charge in [-0.05, 0) is 56.6 Å². The molecule has 0 radical (unpaired) electrons. The third-order valence-electron chi connectivity index (χ3n) is 7.63. The third-order valence-corrected chi connectivity index (χ3v) is 7.63. The van der Waals surface area contributed by atoms with Crippen molar-refractivity contribution in [1.29, 1.82) is 0 Å². The van der Waals surface area contributed by atoms with Crippen LogP contribution in [-0.2, 0) is 16.0 Å². The van der Waals surface area contributed by atoms with Crippen LogP contribution in [0.1, 0.15) is 58.4 Å². The number of furan rings is 1. The summed E-state index contributed by atoms with van der Waals surface area (Å²) in [6.07, 6.45) is 8.51. The molecule has 4 heteroatoms. The molecule has 0 unspecified atom stereocenters. The summed E-state index contributed by atoms with van der Waals surface area (Å²) in [4.78, 5) is 12.6. The predicted octanol–water partition coefficient (Wildman–Crippen LogP) is 3.72. The second-order valence-electron chi connectivity index (χ2n) is 8.80. The number of rotatable bonds is 3. The summed E-state index contributed by atoms with van der Waals surface area (Å²) in [5.41, 5.74) is -0.362. The van der Waals surface area contributed by atoms with Crippen molar-refractivity contribution in [3.05, 3.63) is 24.2 Å². The Kier molecular flexibility index (Phi) is 3.44. The van der Waals surface area contributed by atoms with Crippen molar-refractivity contribution in [3.63, 3.8) is 0 Å². The fourth-order valence-corrected chi connectivity index (χ4v) is 6.30. The van der Waals surface area contributed by atoms with Crippen LogP contribution in [0.3, 0.4) is 0 Å². The maximum Gasteiger partial charge on any atom is 0.312 e. The van der Waals surface area contributed by atoms with E-state index in [4.69, 9.17) is 9.15 Å². The number of ether oxygens (including phenoxy) is 1. The Balaban J connectivity index is 1.70. The SMILES string of the molecule is C[C@@H]1C[C@@H]2OC(=O)[C@]3(C)CCC[C@@](C)([C@H]23)[C@]1(O)CCc1ccoc1. The maximum absolute atomic E-state index is 12.6. The molecule has 24 heavy (non-hydrogen) atoms. The topological polar surface area (TPSA) is 59.7 Å². The van der Waals surface area contributed by atoms with E-state index < -0.39 is 11.0 Å². The number of carbonyl (C=O) groups excluding carboxylic acids is 1. The summed E-state index contributed by atoms with van der Waals surface area (Å²) in [7, 11) is 0. The van der Waals surface area contributed by atoms with Gasteiger partial charge in [-0.1, -0.05) is 20.3 Å². The quantitative estimate of drug-likeness (QED) is 0.857. The van der Waals surface area contributed by atoms with Gasteiger partial charge in [0.1, 0.15) is 6.10 Å². The average Bonchev–Trinajstić information content (AvgIpc) is 3.12. The third kappa shape index (κ3) is 1.92. The second kappa shape index (κ2) is 5.10. The first-order chi connectivity index (χ1) is 11.3. The van der Waals surface area contributed by atoms with Crippen LogP contribution < -0.4 is 0 Å². The van der Waals surface area contributed by atoms with Gasteiger partial charge in [0.15, 0.2) is 0 Å². The summed E-state index contributed by atoms with van der Waals surface area (Å²) in [6, 6.07) is 1.97. The summed E-state index contributed by atoms with van der Waals surface area (Å²) in [5.74, 6) is 0.190. The molecule has 2 saturated carbocycles. The zero-order valence-corrected chi connectivity index (χ0v) is 14.9. The molecule has 3 fully saturated rings. The molecular weight excluding hydrogens is 304 g/mol. The lowest BCUT2D eigenvalue weighted by molar-refractivity contribution is -0.217. The molecule has 6 atom stereocenters. The van der Waals surface area contributed by atoms with Gasteiger partial charge in [0, 0.05) is 11.3 Å². The summed E-state index contributed by atoms with van der Waals surface area (Å²) < 4.78 is 11.0. The van der Waals surface area contributed by atoms with Gasteiger partial charge < -0.3 is 14.3 Å². The van der Waals surface area contributed by atoms with Crippen molar-refractivity contribution in [2.24, 2.45) is 22.7 Å². The molecule has 4 nitrogen and oxygen atoms in total. The minimum absolute atomic E-state index is 0.0306. The molecule has 2 heterocycles. The Bertz CT molecular complexity index is 638. The monoisotopic (exact) mass is 332 g/mol. The number of aliphatic hydroxyl groups is 1. The normalized spacial score (nSPS) is 47.3. The molecule has 1 N–H and O–H groups in total. The van der Waals surface area contributed by atoms with Crippen LogP contribution in [0.25, 0.3) is 0 Å². The first kappa shape index (κ1) is 16.2. The summed E-state index contributed by atoms with van der Waals surface area (Å²) >= 11 is 0. The number of aryl methyl sites for hydroxylation is 1. The predicted molar refractivity (Wildman–Crippen MR) is 89.2 cm³/mol. The van der Waals surface area contributed by atoms with Gasteiger partial charge in [-0.15, -0.1) is 0 Å². The molecular formula is C20H28O4. The highest BCUT2D eigenvalue weighted by atomic mass is 16.6. The first-order valence-corrected chi connectivity index (χ1v) is 9.26. The van der Waals surface area contributed by atoms with Crippen molar-refractivity contribution in [1.82, 2.24) is 0 Å². The Morgan fingerprint density at radius 2 is 2.12 bits per heavy atom. The van der Waals surface area contributed by atoms with Crippen LogP contribution >= 0.6 is 0 Å². The summed E-state index contributed by atoms with van der Waals surface area (Å²) in [5, 5.41) is 11.9. The molecule has 1 aromatic heterocycles. The van der Waals surface area contributed by atoms with Crippen LogP contribution in [-0.4, -0.2) is 22.8 Å². The van der Waals surface area contributed by atoms with Crippen molar-refractivity contribution in [3.8, 4) is 0 Å². The molecule has 1 saturated heterocycles. The Morgan fingerprint density at radius 3 is 2.83 bits per heavy atom. The molecule has 3 aliphatic rings. The molecule has 0 amide bonds. The second-order valence-corrected chi connectivity index (χ2v) is 8.80. The van der Waals surface area contributed by atoms with E-state index >= 15 is 0 Å². The van der Waals surface area contributed by atoms with Crippen LogP contribution in [0, 0.1) is 22.7 Å². The molecule has 2 aliphatic carbocycles. The molecule has 0 aromatic carbocycles. The zero-order chi connectivity index (χ0) is 17.2. The van der Waals surface area contributed by atoms with Crippen molar-refractivity contribution >= 4 is 5.97 Å². The first-order valence-electron chi connectivity index (χ1n) is 9.26. The van der Waals surface area contributed by atoms with Crippen LogP contribution in [0.2, 0.25) is 0 Å². The molecule has 1 aromatic rings. The van der Waals surface area contributed by atoms with Gasteiger partial charge in [0.25, 0.3) is 0 Å². The van der Waals surface area contributed by atoms with Gasteiger partial charge in [-0.2, -0.15) is 0 Å². The smallest absolute Gasteiger partial charge is 0.312 e. The lowest BCUT2D eigenvalue weighted by Crippen LogP contribution is -2.65. The van der Waals surface area contributed by atoms with Gasteiger partial charge in [0.2, 0.25) is 0 Å². The standard InChI is InChI=1S/C20H28O4/c1-13-11-15-16-18(2,17(21)24-15)7-4-8-19(16,3)20(13,22)9-5-14-6-10-23-12-14/h6,10,12-13,15-16,22H,4-5,7-9,11H2,1-3H3/t13-,15+,16-,18-,19+,20+/m1/s1. The number of esters is 1. The van der Waals surface area contributed by atoms with E-state index in [1.807, 2.05) is 6.07 Å². The highest BCUT2D eigenvalue weighted by molar-refractivity contribution is 5.80. The van der Waals surface area contributed by atoms with Gasteiger partial charge in [-0.25, -0.2) is 0 Å². The van der Waals surface area contributed by atoms with E-state index in [1.54, 1.807) is 12.5 Å². The minimum atomic E-state index is -0.777. The number of carbonyl (C=O) groups is 1. The fraction of sp³-hybridized carbons (Fsp3) is 0.750. The lowest BCUT2D eigenvalue weighted by atomic mass is 9.44. The molecule has 0 spiro atoms. The highest BCUT2D eigenvalue weighted by Crippen LogP contribution is 2.67. The maximum atomic E-state index is 12.6. The fourth-order valence-electron chi connectivity index (χ4n) is 6.30. The van der Waals surface area contributed by atoms with Crippen LogP contribution in [0.4, 0.5) is 0 Å². The number of hydrogen-bond donors (Lipinski definition) is 1. The van der Waals surface area contributed by atoms with Crippen LogP contribution in [0.15, 0.2) is 23.0 Å². The average molecular weight is 332 g/mol. The Morgan fingerprint density at radius 1 is 1.33 bits per heavy atom. The Labute approximate surface area is 143 Å². The van der Waals surface area contributed by atoms with E-state index in [0.29, 0.717) is 6.42 Å². The zero-order valence-electron chi connectivity index (χ0n) is 14.9. The largest absolute Gasteiger partial charge is 0.472 e.